The fourth-order valence-corrected chi connectivity index (χ4v) is 2.47. The van der Waals surface area contributed by atoms with Gasteiger partial charge in [-0.3, -0.25) is 0 Å². The van der Waals surface area contributed by atoms with Crippen molar-refractivity contribution in [2.24, 2.45) is 5.92 Å². The fourth-order valence-electron chi connectivity index (χ4n) is 2.47. The molecule has 1 nitrogen and oxygen atoms in total. The van der Waals surface area contributed by atoms with Crippen LogP contribution in [0.4, 0.5) is 0 Å². The standard InChI is InChI=1S/C11H21N/c1-2-9-8-11(9)12-10-6-4-3-5-7-10/h9-12H,2-8H2,1H3. The van der Waals surface area contributed by atoms with E-state index < -0.39 is 0 Å². The summed E-state index contributed by atoms with van der Waals surface area (Å²) in [4.78, 5) is 0. The Bertz CT molecular complexity index is 138. The van der Waals surface area contributed by atoms with Crippen molar-refractivity contribution in [3.63, 3.8) is 0 Å². The third-order valence-electron chi connectivity index (χ3n) is 3.50. The highest BCUT2D eigenvalue weighted by Crippen LogP contribution is 2.34. The largest absolute Gasteiger partial charge is 0.311 e. The summed E-state index contributed by atoms with van der Waals surface area (Å²) in [5.74, 6) is 1.02. The topological polar surface area (TPSA) is 12.0 Å². The molecule has 12 heavy (non-hydrogen) atoms. The maximum absolute atomic E-state index is 3.79. The van der Waals surface area contributed by atoms with Crippen molar-refractivity contribution in [2.45, 2.75) is 64.0 Å². The third-order valence-corrected chi connectivity index (χ3v) is 3.50. The maximum atomic E-state index is 3.79. The van der Waals surface area contributed by atoms with E-state index in [0.717, 1.165) is 18.0 Å². The number of nitrogens with one attached hydrogen (secondary N) is 1. The molecule has 1 N–H and O–H groups in total. The minimum absolute atomic E-state index is 0.875. The zero-order valence-corrected chi connectivity index (χ0v) is 8.18. The average Bonchev–Trinajstić information content (AvgIpc) is 2.85. The summed E-state index contributed by atoms with van der Waals surface area (Å²) in [5, 5.41) is 3.79. The highest BCUT2D eigenvalue weighted by molar-refractivity contribution is 4.94. The van der Waals surface area contributed by atoms with E-state index in [9.17, 15) is 0 Å². The summed E-state index contributed by atoms with van der Waals surface area (Å²) in [6.45, 7) is 2.31. The van der Waals surface area contributed by atoms with Crippen molar-refractivity contribution in [2.75, 3.05) is 0 Å². The molecule has 0 heterocycles. The Labute approximate surface area is 75.9 Å². The van der Waals surface area contributed by atoms with Crippen molar-refractivity contribution in [1.29, 1.82) is 0 Å². The van der Waals surface area contributed by atoms with Crippen LogP contribution in [-0.4, -0.2) is 12.1 Å². The monoisotopic (exact) mass is 167 g/mol. The van der Waals surface area contributed by atoms with Gasteiger partial charge in [-0.1, -0.05) is 32.6 Å². The van der Waals surface area contributed by atoms with E-state index >= 15 is 0 Å². The van der Waals surface area contributed by atoms with E-state index in [1.807, 2.05) is 0 Å². The van der Waals surface area contributed by atoms with Gasteiger partial charge in [0, 0.05) is 12.1 Å². The lowest BCUT2D eigenvalue weighted by Gasteiger charge is -2.22. The third kappa shape index (κ3) is 2.01. The van der Waals surface area contributed by atoms with Gasteiger partial charge in [0.05, 0.1) is 0 Å². The molecule has 0 aromatic rings. The van der Waals surface area contributed by atoms with Crippen molar-refractivity contribution in [1.82, 2.24) is 5.32 Å². The SMILES string of the molecule is CCC1CC1NC1CCCCC1. The lowest BCUT2D eigenvalue weighted by atomic mass is 9.95. The zero-order valence-electron chi connectivity index (χ0n) is 8.18. The first kappa shape index (κ1) is 8.55. The van der Waals surface area contributed by atoms with E-state index in [-0.39, 0.29) is 0 Å². The molecular weight excluding hydrogens is 146 g/mol. The summed E-state index contributed by atoms with van der Waals surface area (Å²) in [6.07, 6.45) is 10.1. The van der Waals surface area contributed by atoms with Gasteiger partial charge in [0.25, 0.3) is 0 Å². The Morgan fingerprint density at radius 1 is 1.17 bits per heavy atom. The van der Waals surface area contributed by atoms with Crippen LogP contribution in [0.1, 0.15) is 51.9 Å². The quantitative estimate of drug-likeness (QED) is 0.681. The lowest BCUT2D eigenvalue weighted by molar-refractivity contribution is 0.365. The van der Waals surface area contributed by atoms with Crippen LogP contribution < -0.4 is 5.32 Å². The molecule has 0 spiro atoms. The van der Waals surface area contributed by atoms with Crippen LogP contribution in [0.5, 0.6) is 0 Å². The molecule has 2 fully saturated rings. The predicted octanol–water partition coefficient (Wildman–Crippen LogP) is 2.71. The molecule has 0 radical (unpaired) electrons. The Kier molecular flexibility index (Phi) is 2.69. The van der Waals surface area contributed by atoms with E-state index in [2.05, 4.69) is 12.2 Å². The molecule has 0 aromatic heterocycles. The first-order valence-corrected chi connectivity index (χ1v) is 5.66. The summed E-state index contributed by atoms with van der Waals surface area (Å²) < 4.78 is 0. The van der Waals surface area contributed by atoms with Gasteiger partial charge in [-0.25, -0.2) is 0 Å². The maximum Gasteiger partial charge on any atom is 0.0102 e. The van der Waals surface area contributed by atoms with E-state index in [4.69, 9.17) is 0 Å². The molecule has 2 unspecified atom stereocenters. The van der Waals surface area contributed by atoms with Gasteiger partial charge < -0.3 is 5.32 Å². The molecule has 70 valence electrons. The van der Waals surface area contributed by atoms with Crippen LogP contribution in [0.3, 0.4) is 0 Å². The Balaban J connectivity index is 1.66. The average molecular weight is 167 g/mol. The number of hydrogen-bond acceptors (Lipinski definition) is 1. The minimum atomic E-state index is 0.875. The van der Waals surface area contributed by atoms with Crippen LogP contribution in [0, 0.1) is 5.92 Å². The summed E-state index contributed by atoms with van der Waals surface area (Å²) in [7, 11) is 0. The molecule has 0 amide bonds. The summed E-state index contributed by atoms with van der Waals surface area (Å²) in [6, 6.07) is 1.78. The molecule has 0 aromatic carbocycles. The molecule has 2 aliphatic carbocycles. The van der Waals surface area contributed by atoms with Gasteiger partial charge in [0.1, 0.15) is 0 Å². The Morgan fingerprint density at radius 3 is 2.50 bits per heavy atom. The van der Waals surface area contributed by atoms with Crippen molar-refractivity contribution >= 4 is 0 Å². The minimum Gasteiger partial charge on any atom is -0.311 e. The molecule has 2 saturated carbocycles. The highest BCUT2D eigenvalue weighted by Gasteiger charge is 2.36. The van der Waals surface area contributed by atoms with Crippen molar-refractivity contribution < 1.29 is 0 Å². The summed E-state index contributed by atoms with van der Waals surface area (Å²) in [5.41, 5.74) is 0. The van der Waals surface area contributed by atoms with Crippen LogP contribution in [0.25, 0.3) is 0 Å². The van der Waals surface area contributed by atoms with Gasteiger partial charge in [-0.2, -0.15) is 0 Å². The molecule has 1 heteroatoms. The van der Waals surface area contributed by atoms with Gasteiger partial charge in [-0.05, 0) is 25.2 Å². The zero-order chi connectivity index (χ0) is 8.39. The van der Waals surface area contributed by atoms with Crippen LogP contribution in [0.2, 0.25) is 0 Å². The Morgan fingerprint density at radius 2 is 1.92 bits per heavy atom. The lowest BCUT2D eigenvalue weighted by Crippen LogP contribution is -2.33. The molecule has 2 rings (SSSR count). The van der Waals surface area contributed by atoms with Crippen LogP contribution in [-0.2, 0) is 0 Å². The molecular formula is C11H21N. The molecule has 2 aliphatic rings. The molecule has 2 atom stereocenters. The first-order valence-electron chi connectivity index (χ1n) is 5.66. The second kappa shape index (κ2) is 3.78. The summed E-state index contributed by atoms with van der Waals surface area (Å²) >= 11 is 0. The van der Waals surface area contributed by atoms with Gasteiger partial charge >= 0.3 is 0 Å². The first-order chi connectivity index (χ1) is 5.90. The number of hydrogen-bond donors (Lipinski definition) is 1. The van der Waals surface area contributed by atoms with Crippen LogP contribution >= 0.6 is 0 Å². The smallest absolute Gasteiger partial charge is 0.0102 e. The van der Waals surface area contributed by atoms with Crippen molar-refractivity contribution in [3.05, 3.63) is 0 Å². The van der Waals surface area contributed by atoms with E-state index in [1.165, 1.54) is 44.9 Å². The predicted molar refractivity (Wildman–Crippen MR) is 52.2 cm³/mol. The second-order valence-corrected chi connectivity index (χ2v) is 4.51. The van der Waals surface area contributed by atoms with Crippen molar-refractivity contribution in [3.8, 4) is 0 Å². The van der Waals surface area contributed by atoms with Gasteiger partial charge in [0.2, 0.25) is 0 Å². The highest BCUT2D eigenvalue weighted by atomic mass is 15.0. The fraction of sp³-hybridized carbons (Fsp3) is 1.00. The van der Waals surface area contributed by atoms with Crippen LogP contribution in [0.15, 0.2) is 0 Å². The molecule has 0 bridgehead atoms. The van der Waals surface area contributed by atoms with Gasteiger partial charge in [0.15, 0.2) is 0 Å². The van der Waals surface area contributed by atoms with Gasteiger partial charge in [-0.15, -0.1) is 0 Å². The van der Waals surface area contributed by atoms with E-state index in [1.54, 1.807) is 0 Å². The molecule has 0 aliphatic heterocycles. The number of rotatable bonds is 3. The van der Waals surface area contributed by atoms with E-state index in [0.29, 0.717) is 0 Å². The molecule has 0 saturated heterocycles. The second-order valence-electron chi connectivity index (χ2n) is 4.51. The Hall–Kier alpha value is -0.0400. The normalized spacial score (nSPS) is 36.8.